The van der Waals surface area contributed by atoms with Crippen molar-refractivity contribution in [1.29, 1.82) is 0 Å². The molecule has 4 nitrogen and oxygen atoms in total. The zero-order chi connectivity index (χ0) is 27.4. The maximum absolute atomic E-state index is 13.0. The van der Waals surface area contributed by atoms with Gasteiger partial charge in [0.25, 0.3) is 0 Å². The maximum Gasteiger partial charge on any atom is 0.416 e. The Morgan fingerprint density at radius 2 is 1.46 bits per heavy atom. The topological polar surface area (TPSA) is 50.4 Å². The number of halogens is 4. The van der Waals surface area contributed by atoms with Gasteiger partial charge in [0.15, 0.2) is 0 Å². The second kappa shape index (κ2) is 11.5. The van der Waals surface area contributed by atoms with Gasteiger partial charge in [-0.05, 0) is 77.9 Å². The summed E-state index contributed by atoms with van der Waals surface area (Å²) in [5, 5.41) is 5.70. The van der Waals surface area contributed by atoms with Crippen molar-refractivity contribution in [2.45, 2.75) is 58.7 Å². The summed E-state index contributed by atoms with van der Waals surface area (Å²) in [5.41, 5.74) is 1.30. The van der Waals surface area contributed by atoms with Gasteiger partial charge >= 0.3 is 6.18 Å². The van der Waals surface area contributed by atoms with Crippen molar-refractivity contribution in [3.05, 3.63) is 82.9 Å². The smallest absolute Gasteiger partial charge is 0.416 e. The molecule has 3 aromatic rings. The van der Waals surface area contributed by atoms with Gasteiger partial charge in [0.1, 0.15) is 17.5 Å². The number of nitrogens with one attached hydrogen (secondary N) is 2. The predicted molar refractivity (Wildman–Crippen MR) is 144 cm³/mol. The van der Waals surface area contributed by atoms with Crippen molar-refractivity contribution in [1.82, 2.24) is 0 Å². The molecule has 0 aliphatic carbocycles. The van der Waals surface area contributed by atoms with E-state index in [0.717, 1.165) is 18.6 Å². The lowest BCUT2D eigenvalue weighted by atomic mass is 9.82. The average Bonchev–Trinajstić information content (AvgIpc) is 2.84. The molecule has 0 saturated carbocycles. The van der Waals surface area contributed by atoms with Crippen molar-refractivity contribution >= 4 is 28.9 Å². The van der Waals surface area contributed by atoms with E-state index in [0.29, 0.717) is 17.2 Å². The third-order valence-electron chi connectivity index (χ3n) is 6.43. The van der Waals surface area contributed by atoms with Gasteiger partial charge in [-0.1, -0.05) is 58.4 Å². The minimum absolute atomic E-state index is 0.0962. The summed E-state index contributed by atoms with van der Waals surface area (Å²) in [5.74, 6) is 0.830. The minimum Gasteiger partial charge on any atom is -0.457 e. The van der Waals surface area contributed by atoms with Crippen LogP contribution in [-0.4, -0.2) is 11.9 Å². The second-order valence-electron chi connectivity index (χ2n) is 9.94. The van der Waals surface area contributed by atoms with Crippen LogP contribution in [-0.2, 0) is 16.4 Å². The number of benzene rings is 3. The van der Waals surface area contributed by atoms with Gasteiger partial charge in [-0.25, -0.2) is 0 Å². The number of carbonyl (C=O) groups is 1. The molecule has 1 unspecified atom stereocenters. The summed E-state index contributed by atoms with van der Waals surface area (Å²) >= 11 is 6.06. The van der Waals surface area contributed by atoms with Crippen LogP contribution in [0.1, 0.15) is 52.2 Å². The average molecular weight is 533 g/mol. The van der Waals surface area contributed by atoms with Crippen LogP contribution in [0.2, 0.25) is 5.02 Å². The molecule has 0 aliphatic heterocycles. The molecule has 37 heavy (non-hydrogen) atoms. The molecular weight excluding hydrogens is 501 g/mol. The van der Waals surface area contributed by atoms with E-state index in [9.17, 15) is 18.0 Å². The van der Waals surface area contributed by atoms with E-state index < -0.39 is 17.8 Å². The molecule has 0 aliphatic rings. The standard InChI is InChI=1S/C29H32ClF3N2O2/c1-6-28(4,5)19-7-12-22(13-8-19)37-23-14-10-21(11-15-23)34-27(36)26(18(2)3)35-25-16-9-20(17-24(25)30)29(31,32)33/h7-18,26,35H,6H2,1-5H3,(H,34,36). The quantitative estimate of drug-likeness (QED) is 0.289. The second-order valence-corrected chi connectivity index (χ2v) is 10.3. The molecule has 0 bridgehead atoms. The van der Waals surface area contributed by atoms with E-state index in [4.69, 9.17) is 16.3 Å². The highest BCUT2D eigenvalue weighted by molar-refractivity contribution is 6.33. The van der Waals surface area contributed by atoms with E-state index in [2.05, 4.69) is 43.5 Å². The number of rotatable bonds is 9. The van der Waals surface area contributed by atoms with E-state index in [1.165, 1.54) is 11.6 Å². The fourth-order valence-corrected chi connectivity index (χ4v) is 3.89. The third-order valence-corrected chi connectivity index (χ3v) is 6.75. The molecule has 8 heteroatoms. The molecule has 1 atom stereocenters. The Kier molecular flexibility index (Phi) is 8.80. The highest BCUT2D eigenvalue weighted by Crippen LogP contribution is 2.34. The molecule has 0 radical (unpaired) electrons. The predicted octanol–water partition coefficient (Wildman–Crippen LogP) is 8.91. The summed E-state index contributed by atoms with van der Waals surface area (Å²) in [6, 6.07) is 17.2. The normalized spacial score (nSPS) is 12.8. The number of hydrogen-bond donors (Lipinski definition) is 2. The third kappa shape index (κ3) is 7.41. The van der Waals surface area contributed by atoms with Gasteiger partial charge in [0.05, 0.1) is 16.3 Å². The summed E-state index contributed by atoms with van der Waals surface area (Å²) in [6.45, 7) is 10.2. The van der Waals surface area contributed by atoms with Gasteiger partial charge in [0.2, 0.25) is 5.91 Å². The highest BCUT2D eigenvalue weighted by atomic mass is 35.5. The minimum atomic E-state index is -4.50. The van der Waals surface area contributed by atoms with Gasteiger partial charge in [-0.2, -0.15) is 13.2 Å². The molecular formula is C29H32ClF3N2O2. The van der Waals surface area contributed by atoms with Crippen molar-refractivity contribution < 1.29 is 22.7 Å². The molecule has 0 saturated heterocycles. The first-order valence-electron chi connectivity index (χ1n) is 12.1. The Morgan fingerprint density at radius 1 is 0.919 bits per heavy atom. The Morgan fingerprint density at radius 3 is 1.95 bits per heavy atom. The summed E-state index contributed by atoms with van der Waals surface area (Å²) in [7, 11) is 0. The number of hydrogen-bond acceptors (Lipinski definition) is 3. The number of ether oxygens (including phenoxy) is 1. The van der Waals surface area contributed by atoms with Crippen molar-refractivity contribution in [2.24, 2.45) is 5.92 Å². The van der Waals surface area contributed by atoms with E-state index in [1.807, 2.05) is 26.0 Å². The first-order valence-corrected chi connectivity index (χ1v) is 12.5. The SMILES string of the molecule is CCC(C)(C)c1ccc(Oc2ccc(NC(=O)C(Nc3ccc(C(F)(F)F)cc3Cl)C(C)C)cc2)cc1. The van der Waals surface area contributed by atoms with Crippen LogP contribution in [0.5, 0.6) is 11.5 Å². The molecule has 2 N–H and O–H groups in total. The van der Waals surface area contributed by atoms with Crippen LogP contribution < -0.4 is 15.4 Å². The number of carbonyl (C=O) groups excluding carboxylic acids is 1. The lowest BCUT2D eigenvalue weighted by molar-refractivity contribution is -0.137. The zero-order valence-electron chi connectivity index (χ0n) is 21.5. The van der Waals surface area contributed by atoms with E-state index >= 15 is 0 Å². The van der Waals surface area contributed by atoms with Gasteiger partial charge in [-0.3, -0.25) is 4.79 Å². The molecule has 1 amide bonds. The molecule has 0 fully saturated rings. The van der Waals surface area contributed by atoms with Crippen molar-refractivity contribution in [3.8, 4) is 11.5 Å². The summed E-state index contributed by atoms with van der Waals surface area (Å²) < 4.78 is 44.7. The summed E-state index contributed by atoms with van der Waals surface area (Å²) in [6.07, 6.45) is -3.47. The zero-order valence-corrected chi connectivity index (χ0v) is 22.3. The largest absolute Gasteiger partial charge is 0.457 e. The molecule has 3 aromatic carbocycles. The van der Waals surface area contributed by atoms with Crippen LogP contribution >= 0.6 is 11.6 Å². The first-order chi connectivity index (χ1) is 17.3. The molecule has 0 heterocycles. The Labute approximate surface area is 221 Å². The molecule has 0 aromatic heterocycles. The maximum atomic E-state index is 13.0. The molecule has 3 rings (SSSR count). The van der Waals surface area contributed by atoms with Crippen molar-refractivity contribution in [2.75, 3.05) is 10.6 Å². The van der Waals surface area contributed by atoms with Gasteiger partial charge < -0.3 is 15.4 Å². The molecule has 0 spiro atoms. The van der Waals surface area contributed by atoms with E-state index in [1.54, 1.807) is 24.3 Å². The Balaban J connectivity index is 1.65. The first kappa shape index (κ1) is 28.4. The van der Waals surface area contributed by atoms with Crippen molar-refractivity contribution in [3.63, 3.8) is 0 Å². The van der Waals surface area contributed by atoms with Crippen LogP contribution in [0.25, 0.3) is 0 Å². The van der Waals surface area contributed by atoms with Crippen LogP contribution in [0.4, 0.5) is 24.5 Å². The fraction of sp³-hybridized carbons (Fsp3) is 0.345. The number of alkyl halides is 3. The Hall–Kier alpha value is -3.19. The number of amides is 1. The molecule has 198 valence electrons. The number of anilines is 2. The lowest BCUT2D eigenvalue weighted by Gasteiger charge is -2.24. The van der Waals surface area contributed by atoms with Gasteiger partial charge in [-0.15, -0.1) is 0 Å². The Bertz CT molecular complexity index is 1210. The van der Waals surface area contributed by atoms with Crippen LogP contribution in [0.3, 0.4) is 0 Å². The lowest BCUT2D eigenvalue weighted by Crippen LogP contribution is -2.39. The fourth-order valence-electron chi connectivity index (χ4n) is 3.65. The monoisotopic (exact) mass is 532 g/mol. The van der Waals surface area contributed by atoms with Gasteiger partial charge in [0, 0.05) is 5.69 Å². The van der Waals surface area contributed by atoms with E-state index in [-0.39, 0.29) is 28.0 Å². The van der Waals surface area contributed by atoms with Crippen LogP contribution in [0, 0.1) is 5.92 Å². The van der Waals surface area contributed by atoms with Crippen LogP contribution in [0.15, 0.2) is 66.7 Å². The highest BCUT2D eigenvalue weighted by Gasteiger charge is 2.31. The summed E-state index contributed by atoms with van der Waals surface area (Å²) in [4.78, 5) is 13.0.